The van der Waals surface area contributed by atoms with Crippen LogP contribution in [0.15, 0.2) is 0 Å². The van der Waals surface area contributed by atoms with E-state index >= 15 is 0 Å². The van der Waals surface area contributed by atoms with Crippen LogP contribution in [0, 0.1) is 11.8 Å². The molecule has 0 radical (unpaired) electrons. The van der Waals surface area contributed by atoms with Crippen LogP contribution in [0.25, 0.3) is 0 Å². The molecule has 0 aromatic heterocycles. The zero-order chi connectivity index (χ0) is 11.3. The summed E-state index contributed by atoms with van der Waals surface area (Å²) in [6, 6.07) is 0. The van der Waals surface area contributed by atoms with Gasteiger partial charge >= 0.3 is 5.97 Å². The van der Waals surface area contributed by atoms with Crippen LogP contribution in [-0.4, -0.2) is 25.2 Å². The predicted octanol–water partition coefficient (Wildman–Crippen LogP) is 1.96. The van der Waals surface area contributed by atoms with Gasteiger partial charge in [-0.3, -0.25) is 4.79 Å². The van der Waals surface area contributed by atoms with Crippen LogP contribution in [0.3, 0.4) is 0 Å². The highest BCUT2D eigenvalue weighted by Crippen LogP contribution is 2.15. The topological polar surface area (TPSA) is 38.3 Å². The Bertz CT molecular complexity index is 198. The third-order valence-corrected chi connectivity index (χ3v) is 2.75. The second-order valence-corrected chi connectivity index (χ2v) is 4.92. The minimum Gasteiger partial charge on any atom is -0.462 e. The molecule has 0 aromatic rings. The van der Waals surface area contributed by atoms with E-state index in [1.54, 1.807) is 0 Å². The van der Waals surface area contributed by atoms with Gasteiger partial charge in [-0.05, 0) is 38.6 Å². The first-order valence-electron chi connectivity index (χ1n) is 6.00. The lowest BCUT2D eigenvalue weighted by Gasteiger charge is -2.23. The highest BCUT2D eigenvalue weighted by molar-refractivity contribution is 5.73. The predicted molar refractivity (Wildman–Crippen MR) is 60.6 cm³/mol. The molecule has 1 N–H and O–H groups in total. The van der Waals surface area contributed by atoms with Crippen molar-refractivity contribution in [2.24, 2.45) is 11.8 Å². The summed E-state index contributed by atoms with van der Waals surface area (Å²) >= 11 is 0. The van der Waals surface area contributed by atoms with Crippen LogP contribution in [0.5, 0.6) is 0 Å². The van der Waals surface area contributed by atoms with Gasteiger partial charge in [-0.1, -0.05) is 13.8 Å². The van der Waals surface area contributed by atoms with Gasteiger partial charge in [0.25, 0.3) is 0 Å². The summed E-state index contributed by atoms with van der Waals surface area (Å²) < 4.78 is 5.42. The Hall–Kier alpha value is -0.570. The van der Waals surface area contributed by atoms with Crippen molar-refractivity contribution in [3.63, 3.8) is 0 Å². The number of carbonyl (C=O) groups is 1. The third kappa shape index (κ3) is 4.65. The van der Waals surface area contributed by atoms with E-state index in [2.05, 4.69) is 19.2 Å². The molecule has 1 saturated heterocycles. The molecule has 1 unspecified atom stereocenters. The molecule has 0 saturated carbocycles. The van der Waals surface area contributed by atoms with Crippen molar-refractivity contribution in [2.75, 3.05) is 13.1 Å². The first kappa shape index (κ1) is 12.5. The molecular formula is C12H23NO2. The van der Waals surface area contributed by atoms with Crippen molar-refractivity contribution in [1.29, 1.82) is 0 Å². The van der Waals surface area contributed by atoms with Gasteiger partial charge in [-0.15, -0.1) is 0 Å². The largest absolute Gasteiger partial charge is 0.462 e. The lowest BCUT2D eigenvalue weighted by atomic mass is 10.00. The monoisotopic (exact) mass is 213 g/mol. The van der Waals surface area contributed by atoms with Crippen LogP contribution in [0.1, 0.15) is 40.0 Å². The van der Waals surface area contributed by atoms with Crippen LogP contribution in [0.4, 0.5) is 0 Å². The summed E-state index contributed by atoms with van der Waals surface area (Å²) in [5, 5.41) is 3.23. The molecule has 1 fully saturated rings. The van der Waals surface area contributed by atoms with Crippen molar-refractivity contribution in [1.82, 2.24) is 5.32 Å². The molecule has 0 aliphatic carbocycles. The van der Waals surface area contributed by atoms with E-state index in [-0.39, 0.29) is 18.0 Å². The van der Waals surface area contributed by atoms with Gasteiger partial charge in [-0.2, -0.15) is 0 Å². The van der Waals surface area contributed by atoms with Crippen LogP contribution < -0.4 is 5.32 Å². The lowest BCUT2D eigenvalue weighted by Crippen LogP contribution is -2.36. The first-order valence-corrected chi connectivity index (χ1v) is 6.00. The second-order valence-electron chi connectivity index (χ2n) is 4.92. The van der Waals surface area contributed by atoms with Gasteiger partial charge in [0.1, 0.15) is 0 Å². The quantitative estimate of drug-likeness (QED) is 0.726. The van der Waals surface area contributed by atoms with Crippen LogP contribution in [-0.2, 0) is 9.53 Å². The number of carbonyl (C=O) groups excluding carboxylic acids is 1. The maximum Gasteiger partial charge on any atom is 0.310 e. The zero-order valence-corrected chi connectivity index (χ0v) is 10.1. The normalized spacial score (nSPS) is 23.9. The number of piperidine rings is 1. The fraction of sp³-hybridized carbons (Fsp3) is 0.917. The Morgan fingerprint density at radius 3 is 2.73 bits per heavy atom. The molecule has 0 bridgehead atoms. The molecule has 1 aliphatic rings. The van der Waals surface area contributed by atoms with E-state index in [9.17, 15) is 4.79 Å². The van der Waals surface area contributed by atoms with Crippen molar-refractivity contribution < 1.29 is 9.53 Å². The SMILES string of the molecule is CC(C)CC(C)OC(=O)[C@@H]1CCCNC1. The van der Waals surface area contributed by atoms with E-state index in [0.29, 0.717) is 5.92 Å². The smallest absolute Gasteiger partial charge is 0.310 e. The molecule has 0 amide bonds. The summed E-state index contributed by atoms with van der Waals surface area (Å²) in [4.78, 5) is 11.7. The standard InChI is InChI=1S/C12H23NO2/c1-9(2)7-10(3)15-12(14)11-5-4-6-13-8-11/h9-11,13H,4-8H2,1-3H3/t10?,11-/m1/s1. The fourth-order valence-electron chi connectivity index (χ4n) is 2.06. The van der Waals surface area contributed by atoms with E-state index in [1.807, 2.05) is 6.92 Å². The van der Waals surface area contributed by atoms with Crippen molar-refractivity contribution >= 4 is 5.97 Å². The lowest BCUT2D eigenvalue weighted by molar-refractivity contribution is -0.154. The van der Waals surface area contributed by atoms with Crippen molar-refractivity contribution in [2.45, 2.75) is 46.1 Å². The zero-order valence-electron chi connectivity index (χ0n) is 10.1. The minimum atomic E-state index is -0.0182. The maximum atomic E-state index is 11.7. The summed E-state index contributed by atoms with van der Waals surface area (Å²) in [5.74, 6) is 0.640. The molecular weight excluding hydrogens is 190 g/mol. The first-order chi connectivity index (χ1) is 7.09. The minimum absolute atomic E-state index is 0.0182. The number of hydrogen-bond donors (Lipinski definition) is 1. The van der Waals surface area contributed by atoms with Gasteiger partial charge < -0.3 is 10.1 Å². The van der Waals surface area contributed by atoms with Crippen LogP contribution >= 0.6 is 0 Å². The molecule has 15 heavy (non-hydrogen) atoms. The van der Waals surface area contributed by atoms with E-state index < -0.39 is 0 Å². The Balaban J connectivity index is 2.27. The molecule has 3 nitrogen and oxygen atoms in total. The average Bonchev–Trinajstić information content (AvgIpc) is 2.17. The third-order valence-electron chi connectivity index (χ3n) is 2.75. The Morgan fingerprint density at radius 1 is 1.47 bits per heavy atom. The number of rotatable bonds is 4. The molecule has 0 aromatic carbocycles. The second kappa shape index (κ2) is 6.11. The van der Waals surface area contributed by atoms with E-state index in [1.165, 1.54) is 0 Å². The molecule has 1 aliphatic heterocycles. The fourth-order valence-corrected chi connectivity index (χ4v) is 2.06. The average molecular weight is 213 g/mol. The molecule has 2 atom stereocenters. The molecule has 1 rings (SSSR count). The molecule has 0 spiro atoms. The van der Waals surface area contributed by atoms with Crippen molar-refractivity contribution in [3.05, 3.63) is 0 Å². The highest BCUT2D eigenvalue weighted by Gasteiger charge is 2.23. The molecule has 88 valence electrons. The highest BCUT2D eigenvalue weighted by atomic mass is 16.5. The summed E-state index contributed by atoms with van der Waals surface area (Å²) in [6.07, 6.45) is 3.06. The molecule has 3 heteroatoms. The van der Waals surface area contributed by atoms with Gasteiger partial charge in [0.15, 0.2) is 0 Å². The number of esters is 1. The summed E-state index contributed by atoms with van der Waals surface area (Å²) in [5.41, 5.74) is 0. The number of hydrogen-bond acceptors (Lipinski definition) is 3. The van der Waals surface area contributed by atoms with E-state index in [4.69, 9.17) is 4.74 Å². The summed E-state index contributed by atoms with van der Waals surface area (Å²) in [6.45, 7) is 8.09. The Labute approximate surface area is 92.6 Å². The Kier molecular flexibility index (Phi) is 5.09. The van der Waals surface area contributed by atoms with Crippen LogP contribution in [0.2, 0.25) is 0 Å². The Morgan fingerprint density at radius 2 is 2.20 bits per heavy atom. The van der Waals surface area contributed by atoms with Gasteiger partial charge in [0.05, 0.1) is 12.0 Å². The van der Waals surface area contributed by atoms with Gasteiger partial charge in [0.2, 0.25) is 0 Å². The van der Waals surface area contributed by atoms with E-state index in [0.717, 1.165) is 32.4 Å². The molecule has 1 heterocycles. The summed E-state index contributed by atoms with van der Waals surface area (Å²) in [7, 11) is 0. The van der Waals surface area contributed by atoms with Gasteiger partial charge in [-0.25, -0.2) is 0 Å². The van der Waals surface area contributed by atoms with Gasteiger partial charge in [0, 0.05) is 6.54 Å². The maximum absolute atomic E-state index is 11.7. The van der Waals surface area contributed by atoms with Crippen molar-refractivity contribution in [3.8, 4) is 0 Å². The number of nitrogens with one attached hydrogen (secondary N) is 1. The number of ether oxygens (including phenoxy) is 1.